The molecule has 3 rings (SSSR count). The van der Waals surface area contributed by atoms with Gasteiger partial charge in [-0.2, -0.15) is 0 Å². The van der Waals surface area contributed by atoms with Crippen LogP contribution in [0.15, 0.2) is 54.7 Å². The lowest BCUT2D eigenvalue weighted by Gasteiger charge is -2.12. The highest BCUT2D eigenvalue weighted by Crippen LogP contribution is 2.19. The molecule has 0 fully saturated rings. The molecule has 8 heteroatoms. The van der Waals surface area contributed by atoms with E-state index in [2.05, 4.69) is 15.3 Å². The van der Waals surface area contributed by atoms with Gasteiger partial charge in [-0.05, 0) is 43.8 Å². The van der Waals surface area contributed by atoms with Gasteiger partial charge in [-0.15, -0.1) is 0 Å². The first kappa shape index (κ1) is 22.8. The fraction of sp³-hybridized carbons (Fsp3) is 0.208. The van der Waals surface area contributed by atoms with Crippen LogP contribution in [0.3, 0.4) is 0 Å². The summed E-state index contributed by atoms with van der Waals surface area (Å²) in [4.78, 5) is 22.5. The van der Waals surface area contributed by atoms with E-state index in [4.69, 9.17) is 15.6 Å². The van der Waals surface area contributed by atoms with Crippen molar-refractivity contribution in [2.75, 3.05) is 21.1 Å². The smallest absolute Gasteiger partial charge is 0.253 e. The molecule has 8 nitrogen and oxygen atoms in total. The van der Waals surface area contributed by atoms with E-state index in [-0.39, 0.29) is 23.4 Å². The van der Waals surface area contributed by atoms with E-state index in [9.17, 15) is 4.79 Å². The van der Waals surface area contributed by atoms with Crippen LogP contribution in [0.5, 0.6) is 0 Å². The van der Waals surface area contributed by atoms with Gasteiger partial charge in [0.15, 0.2) is 0 Å². The maximum Gasteiger partial charge on any atom is 0.253 e. The van der Waals surface area contributed by atoms with Crippen molar-refractivity contribution in [1.82, 2.24) is 20.2 Å². The number of hydrogen-bond donors (Lipinski definition) is 3. The van der Waals surface area contributed by atoms with Gasteiger partial charge in [-0.25, -0.2) is 4.98 Å². The molecule has 1 aromatic heterocycles. The SMILES string of the molecule is CNCc1ccc(C(=N)OC(=N)c2nc(-c3ccc(C(=O)N(C)C)cc3)cnc2C)cc1. The van der Waals surface area contributed by atoms with Gasteiger partial charge in [0.05, 0.1) is 17.6 Å². The number of rotatable bonds is 6. The number of benzene rings is 2. The van der Waals surface area contributed by atoms with Gasteiger partial charge >= 0.3 is 0 Å². The molecular formula is C24H26N6O2. The molecule has 0 saturated carbocycles. The molecule has 1 amide bonds. The zero-order valence-corrected chi connectivity index (χ0v) is 18.6. The van der Waals surface area contributed by atoms with Crippen LogP contribution in [0.2, 0.25) is 0 Å². The standard InChI is InChI=1S/C24H26N6O2/c1-15-21(23(26)32-22(25)18-7-5-16(6-8-18)13-27-2)29-20(14-28-15)17-9-11-19(12-10-17)24(31)30(3)4/h5-12,14,25-27H,13H2,1-4H3. The molecule has 2 aromatic carbocycles. The Labute approximate surface area is 187 Å². The van der Waals surface area contributed by atoms with Crippen molar-refractivity contribution < 1.29 is 9.53 Å². The molecule has 0 radical (unpaired) electrons. The van der Waals surface area contributed by atoms with Gasteiger partial charge in [-0.1, -0.05) is 24.3 Å². The number of hydrogen-bond acceptors (Lipinski definition) is 7. The predicted molar refractivity (Wildman–Crippen MR) is 124 cm³/mol. The largest absolute Gasteiger partial charge is 0.419 e. The van der Waals surface area contributed by atoms with Crippen molar-refractivity contribution in [2.45, 2.75) is 13.5 Å². The van der Waals surface area contributed by atoms with Gasteiger partial charge in [0.2, 0.25) is 11.8 Å². The molecule has 0 unspecified atom stereocenters. The number of aromatic nitrogens is 2. The number of aryl methyl sites for hydroxylation is 1. The average molecular weight is 431 g/mol. The van der Waals surface area contributed by atoms with E-state index in [1.165, 1.54) is 4.90 Å². The lowest BCUT2D eigenvalue weighted by Crippen LogP contribution is -2.21. The normalized spacial score (nSPS) is 10.5. The van der Waals surface area contributed by atoms with Gasteiger partial charge in [0, 0.05) is 37.3 Å². The fourth-order valence-electron chi connectivity index (χ4n) is 3.03. The first-order valence-electron chi connectivity index (χ1n) is 10.0. The third-order valence-corrected chi connectivity index (χ3v) is 4.81. The summed E-state index contributed by atoms with van der Waals surface area (Å²) >= 11 is 0. The van der Waals surface area contributed by atoms with Crippen LogP contribution in [0.25, 0.3) is 11.3 Å². The Bertz CT molecular complexity index is 1140. The first-order valence-corrected chi connectivity index (χ1v) is 10.0. The van der Waals surface area contributed by atoms with Crippen LogP contribution in [0, 0.1) is 17.7 Å². The minimum absolute atomic E-state index is 0.0834. The number of nitrogens with zero attached hydrogens (tertiary/aromatic N) is 3. The minimum Gasteiger partial charge on any atom is -0.419 e. The number of amides is 1. The van der Waals surface area contributed by atoms with Crippen LogP contribution < -0.4 is 5.32 Å². The Balaban J connectivity index is 1.78. The molecule has 3 aromatic rings. The van der Waals surface area contributed by atoms with Crippen LogP contribution in [0.1, 0.15) is 32.9 Å². The molecule has 32 heavy (non-hydrogen) atoms. The van der Waals surface area contributed by atoms with Crippen molar-refractivity contribution in [1.29, 1.82) is 10.8 Å². The predicted octanol–water partition coefficient (Wildman–Crippen LogP) is 3.24. The second-order valence-corrected chi connectivity index (χ2v) is 7.45. The van der Waals surface area contributed by atoms with E-state index in [0.717, 1.165) is 17.7 Å². The average Bonchev–Trinajstić information content (AvgIpc) is 2.79. The molecular weight excluding hydrogens is 404 g/mol. The lowest BCUT2D eigenvalue weighted by atomic mass is 10.1. The Morgan fingerprint density at radius 1 is 1.00 bits per heavy atom. The number of carbonyl (C=O) groups is 1. The lowest BCUT2D eigenvalue weighted by molar-refractivity contribution is 0.0827. The summed E-state index contributed by atoms with van der Waals surface area (Å²) in [6, 6.07) is 14.4. The number of nitrogens with one attached hydrogen (secondary N) is 3. The molecule has 3 N–H and O–H groups in total. The van der Waals surface area contributed by atoms with Gasteiger partial charge in [-0.3, -0.25) is 20.6 Å². The van der Waals surface area contributed by atoms with Gasteiger partial charge in [0.25, 0.3) is 5.91 Å². The van der Waals surface area contributed by atoms with Crippen LogP contribution in [0.4, 0.5) is 0 Å². The highest BCUT2D eigenvalue weighted by molar-refractivity contribution is 6.04. The molecule has 164 valence electrons. The summed E-state index contributed by atoms with van der Waals surface area (Å²) in [7, 11) is 5.28. The number of ether oxygens (including phenoxy) is 1. The van der Waals surface area contributed by atoms with Crippen LogP contribution in [-0.4, -0.2) is 53.7 Å². The fourth-order valence-corrected chi connectivity index (χ4v) is 3.03. The van der Waals surface area contributed by atoms with Crippen LogP contribution in [-0.2, 0) is 11.3 Å². The van der Waals surface area contributed by atoms with Gasteiger partial charge < -0.3 is 15.0 Å². The molecule has 1 heterocycles. The Kier molecular flexibility index (Phi) is 7.07. The Morgan fingerprint density at radius 2 is 1.62 bits per heavy atom. The monoisotopic (exact) mass is 430 g/mol. The summed E-state index contributed by atoms with van der Waals surface area (Å²) in [5.41, 5.74) is 4.32. The van der Waals surface area contributed by atoms with E-state index in [1.807, 2.05) is 19.2 Å². The molecule has 0 spiro atoms. The molecule has 0 aliphatic heterocycles. The summed E-state index contributed by atoms with van der Waals surface area (Å²) in [5, 5.41) is 19.6. The maximum absolute atomic E-state index is 12.1. The van der Waals surface area contributed by atoms with Crippen molar-refractivity contribution in [2.24, 2.45) is 0 Å². The second-order valence-electron chi connectivity index (χ2n) is 7.45. The third-order valence-electron chi connectivity index (χ3n) is 4.81. The minimum atomic E-state index is -0.249. The van der Waals surface area contributed by atoms with E-state index >= 15 is 0 Å². The number of carbonyl (C=O) groups excluding carboxylic acids is 1. The summed E-state index contributed by atoms with van der Waals surface area (Å²) < 4.78 is 5.47. The molecule has 0 aliphatic rings. The summed E-state index contributed by atoms with van der Waals surface area (Å²) in [6.07, 6.45) is 1.61. The van der Waals surface area contributed by atoms with Gasteiger partial charge in [0.1, 0.15) is 5.69 Å². The summed E-state index contributed by atoms with van der Waals surface area (Å²) in [5.74, 6) is -0.468. The first-order chi connectivity index (χ1) is 15.3. The molecule has 0 atom stereocenters. The topological polar surface area (TPSA) is 115 Å². The molecule has 0 saturated heterocycles. The van der Waals surface area contributed by atoms with Crippen molar-refractivity contribution in [3.8, 4) is 11.3 Å². The Hall–Kier alpha value is -3.91. The second kappa shape index (κ2) is 9.93. The van der Waals surface area contributed by atoms with Crippen molar-refractivity contribution >= 4 is 17.7 Å². The zero-order valence-electron chi connectivity index (χ0n) is 18.6. The van der Waals surface area contributed by atoms with Crippen molar-refractivity contribution in [3.63, 3.8) is 0 Å². The molecule has 0 bridgehead atoms. The van der Waals surface area contributed by atoms with Crippen molar-refractivity contribution in [3.05, 3.63) is 82.8 Å². The zero-order chi connectivity index (χ0) is 23.3. The quantitative estimate of drug-likeness (QED) is 0.410. The highest BCUT2D eigenvalue weighted by Gasteiger charge is 2.16. The third kappa shape index (κ3) is 5.22. The highest BCUT2D eigenvalue weighted by atomic mass is 16.5. The van der Waals surface area contributed by atoms with E-state index < -0.39 is 0 Å². The molecule has 0 aliphatic carbocycles. The summed E-state index contributed by atoms with van der Waals surface area (Å²) in [6.45, 7) is 2.47. The maximum atomic E-state index is 12.1. The van der Waals surface area contributed by atoms with Crippen LogP contribution >= 0.6 is 0 Å². The van der Waals surface area contributed by atoms with E-state index in [1.54, 1.807) is 63.6 Å². The van der Waals surface area contributed by atoms with E-state index in [0.29, 0.717) is 22.5 Å². The Morgan fingerprint density at radius 3 is 2.22 bits per heavy atom.